The molecule has 27 heavy (non-hydrogen) atoms. The van der Waals surface area contributed by atoms with Gasteiger partial charge in [-0.25, -0.2) is 9.78 Å². The minimum absolute atomic E-state index is 0.235. The number of rotatable bonds is 4. The number of nitrogens with zero attached hydrogens (tertiary/aromatic N) is 1. The van der Waals surface area contributed by atoms with E-state index in [0.29, 0.717) is 15.7 Å². The number of carbonyl (C=O) groups is 2. The van der Waals surface area contributed by atoms with Crippen LogP contribution in [-0.4, -0.2) is 24.1 Å². The second-order valence-corrected chi connectivity index (χ2v) is 7.10. The molecule has 0 atom stereocenters. The summed E-state index contributed by atoms with van der Waals surface area (Å²) in [5.41, 5.74) is 1.52. The summed E-state index contributed by atoms with van der Waals surface area (Å²) in [6.07, 6.45) is -0.654. The molecule has 0 aliphatic heterocycles. The lowest BCUT2D eigenvalue weighted by Crippen LogP contribution is -2.12. The molecule has 0 spiro atoms. The first-order chi connectivity index (χ1) is 13.0. The fourth-order valence-electron chi connectivity index (χ4n) is 2.23. The van der Waals surface area contributed by atoms with Crippen LogP contribution in [0.4, 0.5) is 14.9 Å². The fourth-order valence-corrected chi connectivity index (χ4v) is 3.47. The van der Waals surface area contributed by atoms with E-state index in [1.807, 2.05) is 30.3 Å². The number of hydrogen-bond donors (Lipinski definition) is 2. The largest absolute Gasteiger partial charge is 0.453 e. The van der Waals surface area contributed by atoms with Crippen molar-refractivity contribution in [2.75, 3.05) is 17.7 Å². The second kappa shape index (κ2) is 8.39. The fraction of sp³-hybridized carbons (Fsp3) is 0.0556. The predicted molar refractivity (Wildman–Crippen MR) is 108 cm³/mol. The van der Waals surface area contributed by atoms with Crippen molar-refractivity contribution in [2.24, 2.45) is 0 Å². The number of anilines is 2. The average molecular weight is 422 g/mol. The molecule has 2 aromatic carbocycles. The highest BCUT2D eigenvalue weighted by Gasteiger charge is 2.19. The first-order valence-electron chi connectivity index (χ1n) is 7.65. The van der Waals surface area contributed by atoms with Crippen molar-refractivity contribution in [3.63, 3.8) is 0 Å². The van der Waals surface area contributed by atoms with E-state index in [1.165, 1.54) is 13.2 Å². The second-order valence-electron chi connectivity index (χ2n) is 5.26. The molecule has 0 aliphatic rings. The first kappa shape index (κ1) is 19.2. The molecule has 1 heterocycles. The maximum Gasteiger partial charge on any atom is 0.413 e. The van der Waals surface area contributed by atoms with Gasteiger partial charge in [0.25, 0.3) is 5.91 Å². The summed E-state index contributed by atoms with van der Waals surface area (Å²) in [6, 6.07) is 13.9. The molecule has 0 radical (unpaired) electrons. The summed E-state index contributed by atoms with van der Waals surface area (Å²) >= 11 is 13.2. The molecule has 6 nitrogen and oxygen atoms in total. The molecule has 1 aromatic heterocycles. The third kappa shape index (κ3) is 4.57. The Morgan fingerprint density at radius 2 is 1.81 bits per heavy atom. The van der Waals surface area contributed by atoms with Crippen LogP contribution in [0.3, 0.4) is 0 Å². The molecule has 3 rings (SSSR count). The Labute approximate surface area is 169 Å². The van der Waals surface area contributed by atoms with Crippen LogP contribution in [0.1, 0.15) is 10.4 Å². The number of halogens is 2. The van der Waals surface area contributed by atoms with E-state index < -0.39 is 12.0 Å². The Kier molecular flexibility index (Phi) is 5.95. The van der Waals surface area contributed by atoms with Gasteiger partial charge in [0.05, 0.1) is 17.7 Å². The molecular formula is C18H13Cl2N3O3S. The molecule has 3 aromatic rings. The molecule has 0 unspecified atom stereocenters. The average Bonchev–Trinajstić information content (AvgIpc) is 3.06. The van der Waals surface area contributed by atoms with Crippen LogP contribution in [0, 0.1) is 0 Å². The summed E-state index contributed by atoms with van der Waals surface area (Å²) < 4.78 is 4.59. The van der Waals surface area contributed by atoms with Gasteiger partial charge in [-0.05, 0) is 18.2 Å². The first-order valence-corrected chi connectivity index (χ1v) is 9.23. The van der Waals surface area contributed by atoms with Gasteiger partial charge in [-0.1, -0.05) is 64.9 Å². The van der Waals surface area contributed by atoms with Crippen LogP contribution in [0.5, 0.6) is 0 Å². The summed E-state index contributed by atoms with van der Waals surface area (Å²) in [6.45, 7) is 0. The SMILES string of the molecule is COC(=O)Nc1nc(-c2ccccc2)c(NC(=O)c2cc(Cl)ccc2Cl)s1. The van der Waals surface area contributed by atoms with Gasteiger partial charge in [0.1, 0.15) is 10.7 Å². The van der Waals surface area contributed by atoms with Crippen molar-refractivity contribution in [2.45, 2.75) is 0 Å². The number of benzene rings is 2. The minimum Gasteiger partial charge on any atom is -0.453 e. The molecule has 0 bridgehead atoms. The number of nitrogens with one attached hydrogen (secondary N) is 2. The van der Waals surface area contributed by atoms with Crippen LogP contribution >= 0.6 is 34.5 Å². The third-order valence-corrected chi connectivity index (χ3v) is 4.92. The minimum atomic E-state index is -0.654. The monoisotopic (exact) mass is 421 g/mol. The Morgan fingerprint density at radius 1 is 1.07 bits per heavy atom. The standard InChI is InChI=1S/C18H13Cl2N3O3S/c1-26-18(25)23-17-21-14(10-5-3-2-4-6-10)16(27-17)22-15(24)12-9-11(19)7-8-13(12)20/h2-9H,1H3,(H,22,24)(H,21,23,25). The van der Waals surface area contributed by atoms with E-state index >= 15 is 0 Å². The Balaban J connectivity index is 1.96. The maximum atomic E-state index is 12.7. The maximum absolute atomic E-state index is 12.7. The van der Waals surface area contributed by atoms with E-state index in [9.17, 15) is 9.59 Å². The zero-order valence-corrected chi connectivity index (χ0v) is 16.3. The van der Waals surface area contributed by atoms with Crippen LogP contribution in [-0.2, 0) is 4.74 Å². The number of aromatic nitrogens is 1. The Morgan fingerprint density at radius 3 is 2.52 bits per heavy atom. The van der Waals surface area contributed by atoms with Gasteiger partial charge < -0.3 is 10.1 Å². The predicted octanol–water partition coefficient (Wildman–Crippen LogP) is 5.55. The van der Waals surface area contributed by atoms with Gasteiger partial charge in [0.2, 0.25) is 0 Å². The highest BCUT2D eigenvalue weighted by atomic mass is 35.5. The van der Waals surface area contributed by atoms with Crippen LogP contribution < -0.4 is 10.6 Å². The molecule has 0 saturated heterocycles. The highest BCUT2D eigenvalue weighted by Crippen LogP contribution is 2.36. The highest BCUT2D eigenvalue weighted by molar-refractivity contribution is 7.20. The topological polar surface area (TPSA) is 80.3 Å². The lowest BCUT2D eigenvalue weighted by molar-refractivity contribution is 0.102. The zero-order chi connectivity index (χ0) is 19.4. The van der Waals surface area contributed by atoms with Crippen molar-refractivity contribution in [3.8, 4) is 11.3 Å². The Bertz CT molecular complexity index is 993. The Hall–Kier alpha value is -2.61. The quantitative estimate of drug-likeness (QED) is 0.578. The van der Waals surface area contributed by atoms with E-state index in [0.717, 1.165) is 16.9 Å². The van der Waals surface area contributed by atoms with Crippen molar-refractivity contribution < 1.29 is 14.3 Å². The number of hydrogen-bond acceptors (Lipinski definition) is 5. The third-order valence-electron chi connectivity index (χ3n) is 3.47. The van der Waals surface area contributed by atoms with E-state index in [-0.39, 0.29) is 15.7 Å². The van der Waals surface area contributed by atoms with Gasteiger partial charge >= 0.3 is 6.09 Å². The lowest BCUT2D eigenvalue weighted by Gasteiger charge is -2.07. The van der Waals surface area contributed by atoms with Gasteiger partial charge in [-0.2, -0.15) is 0 Å². The number of carbonyl (C=O) groups excluding carboxylic acids is 2. The number of thiazole rings is 1. The zero-order valence-electron chi connectivity index (χ0n) is 14.0. The summed E-state index contributed by atoms with van der Waals surface area (Å²) in [5.74, 6) is -0.437. The van der Waals surface area contributed by atoms with Crippen molar-refractivity contribution in [1.82, 2.24) is 4.98 Å². The molecule has 0 aliphatic carbocycles. The van der Waals surface area contributed by atoms with Crippen molar-refractivity contribution in [3.05, 3.63) is 64.1 Å². The molecule has 2 amide bonds. The lowest BCUT2D eigenvalue weighted by atomic mass is 10.1. The van der Waals surface area contributed by atoms with Gasteiger partial charge in [0.15, 0.2) is 5.13 Å². The molecular weight excluding hydrogens is 409 g/mol. The van der Waals surface area contributed by atoms with E-state index in [4.69, 9.17) is 23.2 Å². The molecule has 0 fully saturated rings. The van der Waals surface area contributed by atoms with Crippen LogP contribution in [0.15, 0.2) is 48.5 Å². The smallest absolute Gasteiger partial charge is 0.413 e. The van der Waals surface area contributed by atoms with Crippen molar-refractivity contribution >= 4 is 56.7 Å². The van der Waals surface area contributed by atoms with Gasteiger partial charge in [-0.3, -0.25) is 10.1 Å². The van der Waals surface area contributed by atoms with Crippen LogP contribution in [0.25, 0.3) is 11.3 Å². The summed E-state index contributed by atoms with van der Waals surface area (Å²) in [4.78, 5) is 28.5. The van der Waals surface area contributed by atoms with E-state index in [2.05, 4.69) is 20.4 Å². The summed E-state index contributed by atoms with van der Waals surface area (Å²) in [5, 5.41) is 6.70. The number of methoxy groups -OCH3 is 1. The van der Waals surface area contributed by atoms with E-state index in [1.54, 1.807) is 12.1 Å². The van der Waals surface area contributed by atoms with Crippen molar-refractivity contribution in [1.29, 1.82) is 0 Å². The summed E-state index contributed by atoms with van der Waals surface area (Å²) in [7, 11) is 1.25. The van der Waals surface area contributed by atoms with Gasteiger partial charge in [0, 0.05) is 10.6 Å². The number of amides is 2. The normalized spacial score (nSPS) is 10.3. The number of ether oxygens (including phenoxy) is 1. The van der Waals surface area contributed by atoms with Crippen LogP contribution in [0.2, 0.25) is 10.0 Å². The molecule has 2 N–H and O–H groups in total. The molecule has 138 valence electrons. The molecule has 0 saturated carbocycles. The van der Waals surface area contributed by atoms with Gasteiger partial charge in [-0.15, -0.1) is 0 Å². The molecule has 9 heteroatoms.